The van der Waals surface area contributed by atoms with Gasteiger partial charge in [0.1, 0.15) is 0 Å². The summed E-state index contributed by atoms with van der Waals surface area (Å²) in [5, 5.41) is 19.9. The fraction of sp³-hybridized carbons (Fsp3) is 0.200. The van der Waals surface area contributed by atoms with Crippen LogP contribution in [0.5, 0.6) is 0 Å². The maximum Gasteiger partial charge on any atom is 0.337 e. The average Bonchev–Trinajstić information content (AvgIpc) is 2.32. The first-order chi connectivity index (χ1) is 8.86. The highest BCUT2D eigenvalue weighted by molar-refractivity contribution is 6.14. The zero-order chi connectivity index (χ0) is 14.3. The Bertz CT molecular complexity index is 714. The Hall–Kier alpha value is -2.36. The van der Waals surface area contributed by atoms with Gasteiger partial charge in [-0.25, -0.2) is 9.59 Å². The lowest BCUT2D eigenvalue weighted by Crippen LogP contribution is -2.12. The van der Waals surface area contributed by atoms with Crippen molar-refractivity contribution in [2.24, 2.45) is 0 Å². The number of benzene rings is 2. The van der Waals surface area contributed by atoms with Gasteiger partial charge in [-0.2, -0.15) is 0 Å². The van der Waals surface area contributed by atoms with Crippen molar-refractivity contribution >= 4 is 22.7 Å². The van der Waals surface area contributed by atoms with Crippen LogP contribution in [0.3, 0.4) is 0 Å². The van der Waals surface area contributed by atoms with Gasteiger partial charge in [-0.05, 0) is 48.2 Å². The van der Waals surface area contributed by atoms with Gasteiger partial charge in [0.05, 0.1) is 11.1 Å². The third-order valence-electron chi connectivity index (χ3n) is 3.53. The van der Waals surface area contributed by atoms with E-state index in [4.69, 9.17) is 0 Å². The first-order valence-electron chi connectivity index (χ1n) is 5.85. The first kappa shape index (κ1) is 13.1. The fourth-order valence-corrected chi connectivity index (χ4v) is 2.56. The fourth-order valence-electron chi connectivity index (χ4n) is 2.56. The molecule has 0 aliphatic carbocycles. The Balaban J connectivity index is 3.14. The molecule has 0 amide bonds. The van der Waals surface area contributed by atoms with Crippen LogP contribution >= 0.6 is 0 Å². The number of rotatable bonds is 2. The summed E-state index contributed by atoms with van der Waals surface area (Å²) in [6.45, 7) is 5.36. The summed E-state index contributed by atoms with van der Waals surface area (Å²) in [4.78, 5) is 22.8. The standard InChI is InChI=1S/C15H14O4/c1-7-5-4-6-10-11(7)8(2)9(3)12(14(16)17)13(10)15(18)19/h4-6H,1-3H3,(H,16,17)(H,18,19). The summed E-state index contributed by atoms with van der Waals surface area (Å²) in [6.07, 6.45) is 0. The topological polar surface area (TPSA) is 74.6 Å². The van der Waals surface area contributed by atoms with Gasteiger partial charge in [0.2, 0.25) is 0 Å². The molecule has 0 unspecified atom stereocenters. The van der Waals surface area contributed by atoms with Crippen LogP contribution in [0.1, 0.15) is 37.4 Å². The van der Waals surface area contributed by atoms with Crippen LogP contribution in [0, 0.1) is 20.8 Å². The molecular weight excluding hydrogens is 244 g/mol. The molecule has 2 rings (SSSR count). The van der Waals surface area contributed by atoms with Gasteiger partial charge in [-0.15, -0.1) is 0 Å². The van der Waals surface area contributed by atoms with E-state index in [2.05, 4.69) is 0 Å². The number of carboxylic acids is 2. The van der Waals surface area contributed by atoms with Gasteiger partial charge in [0.15, 0.2) is 0 Å². The van der Waals surface area contributed by atoms with Crippen LogP contribution in [-0.2, 0) is 0 Å². The van der Waals surface area contributed by atoms with Crippen molar-refractivity contribution in [2.75, 3.05) is 0 Å². The van der Waals surface area contributed by atoms with E-state index in [1.54, 1.807) is 19.1 Å². The minimum Gasteiger partial charge on any atom is -0.478 e. The van der Waals surface area contributed by atoms with Crippen LogP contribution in [0.2, 0.25) is 0 Å². The highest BCUT2D eigenvalue weighted by Crippen LogP contribution is 2.32. The predicted octanol–water partition coefficient (Wildman–Crippen LogP) is 3.16. The van der Waals surface area contributed by atoms with Crippen LogP contribution in [-0.4, -0.2) is 22.2 Å². The number of carboxylic acid groups (broad SMARTS) is 2. The third kappa shape index (κ3) is 1.85. The first-order valence-corrected chi connectivity index (χ1v) is 5.85. The molecule has 2 N–H and O–H groups in total. The Kier molecular flexibility index (Phi) is 3.02. The van der Waals surface area contributed by atoms with Crippen LogP contribution in [0.4, 0.5) is 0 Å². The Morgan fingerprint density at radius 1 is 0.895 bits per heavy atom. The lowest BCUT2D eigenvalue weighted by atomic mass is 9.88. The molecule has 0 spiro atoms. The zero-order valence-corrected chi connectivity index (χ0v) is 10.9. The van der Waals surface area contributed by atoms with Crippen molar-refractivity contribution in [1.29, 1.82) is 0 Å². The predicted molar refractivity (Wildman–Crippen MR) is 72.1 cm³/mol. The number of hydrogen-bond donors (Lipinski definition) is 2. The van der Waals surface area contributed by atoms with E-state index in [0.717, 1.165) is 16.5 Å². The summed E-state index contributed by atoms with van der Waals surface area (Å²) >= 11 is 0. The molecule has 0 atom stereocenters. The summed E-state index contributed by atoms with van der Waals surface area (Å²) < 4.78 is 0. The van der Waals surface area contributed by atoms with Gasteiger partial charge in [-0.3, -0.25) is 0 Å². The highest BCUT2D eigenvalue weighted by atomic mass is 16.4. The lowest BCUT2D eigenvalue weighted by molar-refractivity contribution is 0.0652. The van der Waals surface area contributed by atoms with Crippen LogP contribution in [0.15, 0.2) is 18.2 Å². The van der Waals surface area contributed by atoms with E-state index in [1.165, 1.54) is 0 Å². The second-order valence-electron chi connectivity index (χ2n) is 4.61. The lowest BCUT2D eigenvalue weighted by Gasteiger charge is -2.15. The third-order valence-corrected chi connectivity index (χ3v) is 3.53. The molecule has 0 fully saturated rings. The van der Waals surface area contributed by atoms with Crippen molar-refractivity contribution in [2.45, 2.75) is 20.8 Å². The minimum atomic E-state index is -1.21. The number of carbonyl (C=O) groups is 2. The van der Waals surface area contributed by atoms with Gasteiger partial charge < -0.3 is 10.2 Å². The Morgan fingerprint density at radius 3 is 2.00 bits per heavy atom. The normalized spacial score (nSPS) is 10.7. The minimum absolute atomic E-state index is 0.122. The van der Waals surface area contributed by atoms with Crippen molar-refractivity contribution < 1.29 is 19.8 Å². The quantitative estimate of drug-likeness (QED) is 0.867. The molecule has 2 aromatic carbocycles. The molecule has 0 heterocycles. The average molecular weight is 258 g/mol. The molecule has 0 saturated heterocycles. The molecular formula is C15H14O4. The highest BCUT2D eigenvalue weighted by Gasteiger charge is 2.24. The van der Waals surface area contributed by atoms with Crippen LogP contribution in [0.25, 0.3) is 10.8 Å². The molecule has 0 aromatic heterocycles. The van der Waals surface area contributed by atoms with Gasteiger partial charge >= 0.3 is 11.9 Å². The number of hydrogen-bond acceptors (Lipinski definition) is 2. The molecule has 98 valence electrons. The molecule has 4 nitrogen and oxygen atoms in total. The van der Waals surface area contributed by atoms with Crippen molar-refractivity contribution in [3.63, 3.8) is 0 Å². The second kappa shape index (κ2) is 4.39. The molecule has 0 aliphatic heterocycles. The number of fused-ring (bicyclic) bond motifs is 1. The molecule has 0 bridgehead atoms. The number of aryl methyl sites for hydroxylation is 2. The second-order valence-corrected chi connectivity index (χ2v) is 4.61. The van der Waals surface area contributed by atoms with E-state index >= 15 is 0 Å². The maximum absolute atomic E-state index is 11.5. The molecule has 4 heteroatoms. The van der Waals surface area contributed by atoms with E-state index in [1.807, 2.05) is 19.9 Å². The molecule has 0 aliphatic rings. The summed E-state index contributed by atoms with van der Waals surface area (Å²) in [5.74, 6) is -2.42. The van der Waals surface area contributed by atoms with E-state index in [-0.39, 0.29) is 11.1 Å². The Labute approximate surface area is 110 Å². The smallest absolute Gasteiger partial charge is 0.337 e. The van der Waals surface area contributed by atoms with E-state index in [0.29, 0.717) is 10.9 Å². The van der Waals surface area contributed by atoms with Gasteiger partial charge in [0.25, 0.3) is 0 Å². The summed E-state index contributed by atoms with van der Waals surface area (Å²) in [5.41, 5.74) is 2.01. The summed E-state index contributed by atoms with van der Waals surface area (Å²) in [6, 6.07) is 5.29. The molecule has 0 saturated carbocycles. The molecule has 0 radical (unpaired) electrons. The monoisotopic (exact) mass is 258 g/mol. The number of aromatic carboxylic acids is 2. The largest absolute Gasteiger partial charge is 0.478 e. The van der Waals surface area contributed by atoms with Gasteiger partial charge in [-0.1, -0.05) is 18.2 Å². The van der Waals surface area contributed by atoms with E-state index < -0.39 is 11.9 Å². The van der Waals surface area contributed by atoms with Crippen LogP contribution < -0.4 is 0 Å². The maximum atomic E-state index is 11.5. The molecule has 19 heavy (non-hydrogen) atoms. The van der Waals surface area contributed by atoms with Gasteiger partial charge in [0, 0.05) is 0 Å². The van der Waals surface area contributed by atoms with E-state index in [9.17, 15) is 19.8 Å². The SMILES string of the molecule is Cc1c(C(=O)O)c(C(=O)O)c2cccc(C)c2c1C. The molecule has 2 aromatic rings. The van der Waals surface area contributed by atoms with Crippen molar-refractivity contribution in [3.05, 3.63) is 46.0 Å². The Morgan fingerprint density at radius 2 is 1.47 bits per heavy atom. The zero-order valence-electron chi connectivity index (χ0n) is 10.9. The van der Waals surface area contributed by atoms with Crippen molar-refractivity contribution in [3.8, 4) is 0 Å². The summed E-state index contributed by atoms with van der Waals surface area (Å²) in [7, 11) is 0. The van der Waals surface area contributed by atoms with Crippen molar-refractivity contribution in [1.82, 2.24) is 0 Å².